The number of nitrogens with one attached hydrogen (secondary N) is 1. The molecule has 0 bridgehead atoms. The van der Waals surface area contributed by atoms with Crippen molar-refractivity contribution in [1.82, 2.24) is 0 Å². The fourth-order valence-corrected chi connectivity index (χ4v) is 2.66. The van der Waals surface area contributed by atoms with E-state index >= 15 is 0 Å². The molecule has 1 aliphatic rings. The Bertz CT molecular complexity index is 627. The topological polar surface area (TPSA) is 75.7 Å². The predicted octanol–water partition coefficient (Wildman–Crippen LogP) is 2.73. The second-order valence-corrected chi connectivity index (χ2v) is 6.48. The SMILES string of the molecule is CC(C)CCC(=O)OCC(=O)N1c2ccccc2NC(=O)CC1C. The lowest BCUT2D eigenvalue weighted by Crippen LogP contribution is -2.41. The highest BCUT2D eigenvalue weighted by atomic mass is 16.5. The Morgan fingerprint density at radius 2 is 2.04 bits per heavy atom. The first-order valence-corrected chi connectivity index (χ1v) is 8.25. The van der Waals surface area contributed by atoms with Gasteiger partial charge in [-0.2, -0.15) is 0 Å². The van der Waals surface area contributed by atoms with Gasteiger partial charge in [-0.3, -0.25) is 14.4 Å². The van der Waals surface area contributed by atoms with Crippen LogP contribution in [0.5, 0.6) is 0 Å². The summed E-state index contributed by atoms with van der Waals surface area (Å²) in [7, 11) is 0. The van der Waals surface area contributed by atoms with E-state index in [1.807, 2.05) is 13.8 Å². The molecule has 130 valence electrons. The summed E-state index contributed by atoms with van der Waals surface area (Å²) in [4.78, 5) is 37.7. The van der Waals surface area contributed by atoms with Crippen molar-refractivity contribution in [3.63, 3.8) is 0 Å². The summed E-state index contributed by atoms with van der Waals surface area (Å²) in [6, 6.07) is 6.81. The van der Waals surface area contributed by atoms with Gasteiger partial charge >= 0.3 is 5.97 Å². The number of benzene rings is 1. The fraction of sp³-hybridized carbons (Fsp3) is 0.500. The third-order valence-corrected chi connectivity index (χ3v) is 3.91. The van der Waals surface area contributed by atoms with Crippen LogP contribution in [0.1, 0.15) is 40.0 Å². The smallest absolute Gasteiger partial charge is 0.306 e. The Kier molecular flexibility index (Phi) is 5.95. The maximum atomic E-state index is 12.6. The van der Waals surface area contributed by atoms with E-state index in [1.165, 1.54) is 4.90 Å². The first-order chi connectivity index (χ1) is 11.4. The third kappa shape index (κ3) is 4.57. The lowest BCUT2D eigenvalue weighted by molar-refractivity contribution is -0.148. The zero-order valence-electron chi connectivity index (χ0n) is 14.4. The van der Waals surface area contributed by atoms with Gasteiger partial charge in [0, 0.05) is 18.9 Å². The van der Waals surface area contributed by atoms with Gasteiger partial charge in [0.2, 0.25) is 5.91 Å². The van der Waals surface area contributed by atoms with Gasteiger partial charge in [0.05, 0.1) is 11.4 Å². The number of fused-ring (bicyclic) bond motifs is 1. The molecule has 1 aromatic carbocycles. The average molecular weight is 332 g/mol. The molecule has 0 aliphatic carbocycles. The van der Waals surface area contributed by atoms with Crippen molar-refractivity contribution in [3.8, 4) is 0 Å². The number of ether oxygens (including phenoxy) is 1. The molecule has 0 saturated carbocycles. The highest BCUT2D eigenvalue weighted by Crippen LogP contribution is 2.31. The number of carbonyl (C=O) groups is 3. The Morgan fingerprint density at radius 3 is 2.75 bits per heavy atom. The summed E-state index contributed by atoms with van der Waals surface area (Å²) < 4.78 is 5.10. The molecular formula is C18H24N2O4. The number of carbonyl (C=O) groups excluding carboxylic acids is 3. The van der Waals surface area contributed by atoms with Crippen LogP contribution in [-0.4, -0.2) is 30.4 Å². The van der Waals surface area contributed by atoms with Crippen molar-refractivity contribution in [2.45, 2.75) is 46.1 Å². The number of hydrogen-bond donors (Lipinski definition) is 1. The van der Waals surface area contributed by atoms with Crippen LogP contribution in [0.4, 0.5) is 11.4 Å². The summed E-state index contributed by atoms with van der Waals surface area (Å²) in [5, 5.41) is 2.79. The largest absolute Gasteiger partial charge is 0.456 e. The number of rotatable bonds is 5. The Hall–Kier alpha value is -2.37. The van der Waals surface area contributed by atoms with Gasteiger partial charge in [0.1, 0.15) is 0 Å². The van der Waals surface area contributed by atoms with Gasteiger partial charge in [-0.05, 0) is 31.4 Å². The molecule has 6 heteroatoms. The Labute approximate surface area is 142 Å². The molecule has 0 saturated heterocycles. The van der Waals surface area contributed by atoms with Crippen LogP contribution in [-0.2, 0) is 19.1 Å². The van der Waals surface area contributed by atoms with E-state index in [9.17, 15) is 14.4 Å². The van der Waals surface area contributed by atoms with Crippen LogP contribution in [0, 0.1) is 5.92 Å². The summed E-state index contributed by atoms with van der Waals surface area (Å²) >= 11 is 0. The second kappa shape index (κ2) is 7.95. The fourth-order valence-electron chi connectivity index (χ4n) is 2.66. The van der Waals surface area contributed by atoms with Gasteiger partial charge < -0.3 is 15.0 Å². The molecule has 2 rings (SSSR count). The van der Waals surface area contributed by atoms with Gasteiger partial charge in [-0.15, -0.1) is 0 Å². The van der Waals surface area contributed by atoms with Gasteiger partial charge in [0.15, 0.2) is 6.61 Å². The van der Waals surface area contributed by atoms with Crippen molar-refractivity contribution in [2.24, 2.45) is 5.92 Å². The molecule has 0 aromatic heterocycles. The molecule has 6 nitrogen and oxygen atoms in total. The first-order valence-electron chi connectivity index (χ1n) is 8.25. The third-order valence-electron chi connectivity index (χ3n) is 3.91. The van der Waals surface area contributed by atoms with E-state index in [0.717, 1.165) is 6.42 Å². The van der Waals surface area contributed by atoms with Crippen molar-refractivity contribution < 1.29 is 19.1 Å². The molecule has 0 radical (unpaired) electrons. The van der Waals surface area contributed by atoms with E-state index in [4.69, 9.17) is 4.74 Å². The van der Waals surface area contributed by atoms with Crippen LogP contribution in [0.15, 0.2) is 24.3 Å². The highest BCUT2D eigenvalue weighted by Gasteiger charge is 2.29. The Balaban J connectivity index is 2.07. The van der Waals surface area contributed by atoms with E-state index in [0.29, 0.717) is 23.7 Å². The van der Waals surface area contributed by atoms with Crippen LogP contribution < -0.4 is 10.2 Å². The lowest BCUT2D eigenvalue weighted by atomic mass is 10.1. The molecule has 1 aromatic rings. The number of esters is 1. The van der Waals surface area contributed by atoms with Crippen LogP contribution in [0.25, 0.3) is 0 Å². The second-order valence-electron chi connectivity index (χ2n) is 6.48. The van der Waals surface area contributed by atoms with Gasteiger partial charge in [-0.1, -0.05) is 26.0 Å². The lowest BCUT2D eigenvalue weighted by Gasteiger charge is -2.27. The average Bonchev–Trinajstić information content (AvgIpc) is 2.64. The zero-order valence-corrected chi connectivity index (χ0v) is 14.4. The van der Waals surface area contributed by atoms with E-state index in [2.05, 4.69) is 5.32 Å². The van der Waals surface area contributed by atoms with Crippen molar-refractivity contribution in [3.05, 3.63) is 24.3 Å². The monoisotopic (exact) mass is 332 g/mol. The van der Waals surface area contributed by atoms with E-state index < -0.39 is 0 Å². The molecule has 0 fully saturated rings. The first kappa shape index (κ1) is 18.0. The van der Waals surface area contributed by atoms with Crippen molar-refractivity contribution in [1.29, 1.82) is 0 Å². The standard InChI is InChI=1S/C18H24N2O4/c1-12(2)8-9-18(23)24-11-17(22)20-13(3)10-16(21)19-14-6-4-5-7-15(14)20/h4-7,12-13H,8-11H2,1-3H3,(H,19,21). The number of para-hydroxylation sites is 2. The maximum absolute atomic E-state index is 12.6. The van der Waals surface area contributed by atoms with Gasteiger partial charge in [0.25, 0.3) is 5.91 Å². The molecule has 2 amide bonds. The van der Waals surface area contributed by atoms with Crippen LogP contribution in [0.2, 0.25) is 0 Å². The van der Waals surface area contributed by atoms with Crippen LogP contribution in [0.3, 0.4) is 0 Å². The number of anilines is 2. The number of hydrogen-bond acceptors (Lipinski definition) is 4. The normalized spacial score (nSPS) is 17.1. The van der Waals surface area contributed by atoms with E-state index in [1.54, 1.807) is 31.2 Å². The summed E-state index contributed by atoms with van der Waals surface area (Å²) in [6.45, 7) is 5.54. The molecule has 24 heavy (non-hydrogen) atoms. The maximum Gasteiger partial charge on any atom is 0.306 e. The van der Waals surface area contributed by atoms with Crippen molar-refractivity contribution >= 4 is 29.2 Å². The number of nitrogens with zero attached hydrogens (tertiary/aromatic N) is 1. The minimum atomic E-state index is -0.373. The minimum absolute atomic E-state index is 0.140. The zero-order chi connectivity index (χ0) is 17.7. The van der Waals surface area contributed by atoms with Gasteiger partial charge in [-0.25, -0.2) is 0 Å². The van der Waals surface area contributed by atoms with Crippen molar-refractivity contribution in [2.75, 3.05) is 16.8 Å². The quantitative estimate of drug-likeness (QED) is 0.841. The molecule has 1 atom stereocenters. The molecule has 1 unspecified atom stereocenters. The van der Waals surface area contributed by atoms with E-state index in [-0.39, 0.29) is 36.9 Å². The minimum Gasteiger partial charge on any atom is -0.456 e. The summed E-state index contributed by atoms with van der Waals surface area (Å²) in [5.41, 5.74) is 1.21. The Morgan fingerprint density at radius 1 is 1.33 bits per heavy atom. The predicted molar refractivity (Wildman–Crippen MR) is 91.7 cm³/mol. The highest BCUT2D eigenvalue weighted by molar-refractivity contribution is 6.05. The summed E-state index contributed by atoms with van der Waals surface area (Å²) in [6.07, 6.45) is 1.23. The van der Waals surface area contributed by atoms with Crippen LogP contribution >= 0.6 is 0 Å². The molecule has 0 spiro atoms. The molecular weight excluding hydrogens is 308 g/mol. The number of amides is 2. The summed E-state index contributed by atoms with van der Waals surface area (Å²) in [5.74, 6) is -0.437. The molecule has 1 N–H and O–H groups in total. The molecule has 1 heterocycles. The molecule has 1 aliphatic heterocycles.